The first-order valence-corrected chi connectivity index (χ1v) is 14.6. The Kier molecular flexibility index (Phi) is 10.2. The van der Waals surface area contributed by atoms with Crippen molar-refractivity contribution in [3.05, 3.63) is 81.6 Å². The minimum absolute atomic E-state index is 0.0580. The van der Waals surface area contributed by atoms with E-state index in [9.17, 15) is 5.11 Å². The zero-order valence-electron chi connectivity index (χ0n) is 24.8. The van der Waals surface area contributed by atoms with Crippen LogP contribution in [0.1, 0.15) is 42.9 Å². The highest BCUT2D eigenvalue weighted by molar-refractivity contribution is 9.10. The topological polar surface area (TPSA) is 86.2 Å². The van der Waals surface area contributed by atoms with Crippen molar-refractivity contribution in [3.63, 3.8) is 0 Å². The standard InChI is InChI=1S/C32H37BrFN3O5/c1-7-41-27-18-21(19-28(36-27)42-8-2)32(38,14-15-37(3)4)29(23-10-9-11-26(39-5)30(23)34)24-17-20-16-22(33)12-13-25(20)35-31(24)40-6/h9-13,16-19,29,38H,7-8,14-15H2,1-6H3/t29-,32-/m1/s1. The summed E-state index contributed by atoms with van der Waals surface area (Å²) in [5.74, 6) is -0.677. The summed E-state index contributed by atoms with van der Waals surface area (Å²) in [5.41, 5.74) is 0.158. The molecule has 0 aliphatic carbocycles. The molecule has 10 heteroatoms. The Morgan fingerprint density at radius 3 is 2.21 bits per heavy atom. The maximum Gasteiger partial charge on any atom is 0.217 e. The maximum absolute atomic E-state index is 16.3. The Labute approximate surface area is 254 Å². The fraction of sp³-hybridized carbons (Fsp3) is 0.375. The molecule has 2 heterocycles. The lowest BCUT2D eigenvalue weighted by Crippen LogP contribution is -2.38. The summed E-state index contributed by atoms with van der Waals surface area (Å²) in [7, 11) is 6.76. The van der Waals surface area contributed by atoms with E-state index in [2.05, 4.69) is 20.9 Å². The van der Waals surface area contributed by atoms with Crippen molar-refractivity contribution < 1.29 is 28.4 Å². The molecule has 8 nitrogen and oxygen atoms in total. The summed E-state index contributed by atoms with van der Waals surface area (Å²) in [5, 5.41) is 13.8. The van der Waals surface area contributed by atoms with Gasteiger partial charge in [0.1, 0.15) is 5.60 Å². The van der Waals surface area contributed by atoms with E-state index in [1.54, 1.807) is 30.3 Å². The third-order valence-electron chi connectivity index (χ3n) is 7.08. The number of pyridine rings is 2. The summed E-state index contributed by atoms with van der Waals surface area (Å²) in [4.78, 5) is 11.2. The van der Waals surface area contributed by atoms with E-state index >= 15 is 4.39 Å². The minimum Gasteiger partial charge on any atom is -0.494 e. The second-order valence-electron chi connectivity index (χ2n) is 10.1. The monoisotopic (exact) mass is 641 g/mol. The number of aliphatic hydroxyl groups is 1. The Balaban J connectivity index is 2.11. The van der Waals surface area contributed by atoms with Gasteiger partial charge in [-0.25, -0.2) is 9.37 Å². The molecule has 1 N–H and O–H groups in total. The van der Waals surface area contributed by atoms with Gasteiger partial charge in [-0.3, -0.25) is 0 Å². The van der Waals surface area contributed by atoms with Crippen LogP contribution >= 0.6 is 15.9 Å². The van der Waals surface area contributed by atoms with Crippen molar-refractivity contribution in [1.82, 2.24) is 14.9 Å². The van der Waals surface area contributed by atoms with Gasteiger partial charge < -0.3 is 29.0 Å². The number of rotatable bonds is 13. The van der Waals surface area contributed by atoms with Crippen molar-refractivity contribution in [2.75, 3.05) is 48.1 Å². The predicted molar refractivity (Wildman–Crippen MR) is 164 cm³/mol. The first-order valence-electron chi connectivity index (χ1n) is 13.8. The molecule has 0 saturated heterocycles. The number of nitrogens with zero attached hydrogens (tertiary/aromatic N) is 3. The lowest BCUT2D eigenvalue weighted by molar-refractivity contribution is 0.00224. The van der Waals surface area contributed by atoms with Crippen molar-refractivity contribution in [3.8, 4) is 23.4 Å². The van der Waals surface area contributed by atoms with Crippen molar-refractivity contribution >= 4 is 26.8 Å². The molecule has 0 saturated carbocycles. The number of fused-ring (bicyclic) bond motifs is 1. The highest BCUT2D eigenvalue weighted by Crippen LogP contribution is 2.49. The average Bonchev–Trinajstić information content (AvgIpc) is 2.97. The van der Waals surface area contributed by atoms with Crippen LogP contribution in [0.4, 0.5) is 4.39 Å². The molecule has 2 aromatic heterocycles. The highest BCUT2D eigenvalue weighted by atomic mass is 79.9. The van der Waals surface area contributed by atoms with Gasteiger partial charge in [-0.15, -0.1) is 0 Å². The third kappa shape index (κ3) is 6.61. The number of methoxy groups -OCH3 is 2. The molecule has 42 heavy (non-hydrogen) atoms. The van der Waals surface area contributed by atoms with Gasteiger partial charge in [0.15, 0.2) is 11.6 Å². The summed E-state index contributed by atoms with van der Waals surface area (Å²) in [6.07, 6.45) is 0.210. The Morgan fingerprint density at radius 2 is 1.62 bits per heavy atom. The number of hydrogen-bond acceptors (Lipinski definition) is 8. The van der Waals surface area contributed by atoms with E-state index in [1.807, 2.05) is 57.1 Å². The van der Waals surface area contributed by atoms with Crippen molar-refractivity contribution in [2.45, 2.75) is 31.8 Å². The van der Waals surface area contributed by atoms with E-state index in [4.69, 9.17) is 23.9 Å². The first kappa shape index (κ1) is 31.5. The lowest BCUT2D eigenvalue weighted by atomic mass is 9.71. The molecule has 0 aliphatic rings. The molecule has 2 atom stereocenters. The van der Waals surface area contributed by atoms with Crippen LogP contribution in [0.2, 0.25) is 0 Å². The van der Waals surface area contributed by atoms with Gasteiger partial charge in [-0.05, 0) is 70.3 Å². The molecule has 2 aromatic carbocycles. The van der Waals surface area contributed by atoms with Gasteiger partial charge in [0.05, 0.1) is 38.9 Å². The van der Waals surface area contributed by atoms with Crippen LogP contribution in [0, 0.1) is 5.82 Å². The van der Waals surface area contributed by atoms with Crippen LogP contribution in [0.25, 0.3) is 10.9 Å². The van der Waals surface area contributed by atoms with E-state index in [-0.39, 0.29) is 23.6 Å². The van der Waals surface area contributed by atoms with Gasteiger partial charge in [0.25, 0.3) is 0 Å². The van der Waals surface area contributed by atoms with Gasteiger partial charge >= 0.3 is 0 Å². The molecule has 224 valence electrons. The van der Waals surface area contributed by atoms with Crippen LogP contribution in [0.5, 0.6) is 23.4 Å². The van der Waals surface area contributed by atoms with E-state index in [0.29, 0.717) is 48.2 Å². The second kappa shape index (κ2) is 13.7. The van der Waals surface area contributed by atoms with E-state index < -0.39 is 17.3 Å². The van der Waals surface area contributed by atoms with Crippen molar-refractivity contribution in [2.24, 2.45) is 0 Å². The first-order chi connectivity index (χ1) is 20.1. The summed E-state index contributed by atoms with van der Waals surface area (Å²) < 4.78 is 39.9. The quantitative estimate of drug-likeness (QED) is 0.182. The summed E-state index contributed by atoms with van der Waals surface area (Å²) in [6, 6.07) is 15.9. The zero-order chi connectivity index (χ0) is 30.4. The van der Waals surface area contributed by atoms with Gasteiger partial charge in [-0.1, -0.05) is 28.1 Å². The van der Waals surface area contributed by atoms with Crippen LogP contribution in [0.3, 0.4) is 0 Å². The molecule has 0 fully saturated rings. The highest BCUT2D eigenvalue weighted by Gasteiger charge is 2.44. The normalized spacial score (nSPS) is 13.6. The molecule has 0 spiro atoms. The fourth-order valence-corrected chi connectivity index (χ4v) is 5.51. The minimum atomic E-state index is -1.72. The number of aromatic nitrogens is 2. The van der Waals surface area contributed by atoms with Crippen LogP contribution in [0.15, 0.2) is 59.1 Å². The van der Waals surface area contributed by atoms with Crippen LogP contribution in [-0.4, -0.2) is 68.0 Å². The molecule has 0 amide bonds. The SMILES string of the molecule is CCOc1cc([C@](O)(CCN(C)C)[C@@H](c2cc3cc(Br)ccc3nc2OC)c2cccc(OC)c2F)cc(OCC)n1. The van der Waals surface area contributed by atoms with Crippen LogP contribution < -0.4 is 18.9 Å². The lowest BCUT2D eigenvalue weighted by Gasteiger charge is -2.39. The molecule has 4 rings (SSSR count). The van der Waals surface area contributed by atoms with Crippen LogP contribution in [-0.2, 0) is 5.60 Å². The molecule has 0 bridgehead atoms. The maximum atomic E-state index is 16.3. The molecule has 0 unspecified atom stereocenters. The molecular formula is C32H37BrFN3O5. The van der Waals surface area contributed by atoms with Crippen molar-refractivity contribution in [1.29, 1.82) is 0 Å². The Bertz CT molecular complexity index is 1510. The smallest absolute Gasteiger partial charge is 0.217 e. The number of halogens is 2. The number of ether oxygens (including phenoxy) is 4. The van der Waals surface area contributed by atoms with E-state index in [0.717, 1.165) is 9.86 Å². The summed E-state index contributed by atoms with van der Waals surface area (Å²) >= 11 is 3.54. The molecular weight excluding hydrogens is 605 g/mol. The Hall–Kier alpha value is -3.47. The number of benzene rings is 2. The average molecular weight is 643 g/mol. The molecule has 0 aliphatic heterocycles. The second-order valence-corrected chi connectivity index (χ2v) is 11.0. The molecule has 4 aromatic rings. The Morgan fingerprint density at radius 1 is 0.929 bits per heavy atom. The van der Waals surface area contributed by atoms with E-state index in [1.165, 1.54) is 14.2 Å². The zero-order valence-corrected chi connectivity index (χ0v) is 26.4. The summed E-state index contributed by atoms with van der Waals surface area (Å²) in [6.45, 7) is 4.91. The van der Waals surface area contributed by atoms with Gasteiger partial charge in [-0.2, -0.15) is 4.98 Å². The fourth-order valence-electron chi connectivity index (χ4n) is 5.13. The predicted octanol–water partition coefficient (Wildman–Crippen LogP) is 6.32. The van der Waals surface area contributed by atoms with Gasteiger partial charge in [0.2, 0.25) is 17.6 Å². The largest absolute Gasteiger partial charge is 0.494 e. The number of hydrogen-bond donors (Lipinski definition) is 1. The third-order valence-corrected chi connectivity index (χ3v) is 7.57. The van der Waals surface area contributed by atoms with Gasteiger partial charge in [0, 0.05) is 39.7 Å². The molecule has 0 radical (unpaired) electrons.